The fourth-order valence-electron chi connectivity index (χ4n) is 2.63. The first-order chi connectivity index (χ1) is 14.3. The number of ether oxygens (including phenoxy) is 1. The van der Waals surface area contributed by atoms with Gasteiger partial charge in [0.15, 0.2) is 0 Å². The summed E-state index contributed by atoms with van der Waals surface area (Å²) in [7, 11) is -3.87. The van der Waals surface area contributed by atoms with E-state index in [4.69, 9.17) is 0 Å². The van der Waals surface area contributed by atoms with E-state index >= 15 is 0 Å². The molecule has 30 heavy (non-hydrogen) atoms. The van der Waals surface area contributed by atoms with Crippen molar-refractivity contribution in [1.29, 1.82) is 0 Å². The quantitative estimate of drug-likeness (QED) is 0.563. The second-order valence-corrected chi connectivity index (χ2v) is 7.93. The number of sulfonamides is 1. The van der Waals surface area contributed by atoms with Crippen LogP contribution in [-0.2, 0) is 16.6 Å². The number of hydrogen-bond donors (Lipinski definition) is 2. The highest BCUT2D eigenvalue weighted by Gasteiger charge is 2.17. The van der Waals surface area contributed by atoms with E-state index in [0.717, 1.165) is 5.56 Å². The highest BCUT2D eigenvalue weighted by Crippen LogP contribution is 2.26. The van der Waals surface area contributed by atoms with Crippen molar-refractivity contribution in [3.05, 3.63) is 90.0 Å². The van der Waals surface area contributed by atoms with Gasteiger partial charge in [0.2, 0.25) is 10.0 Å². The van der Waals surface area contributed by atoms with Gasteiger partial charge in [-0.2, -0.15) is 8.78 Å². The van der Waals surface area contributed by atoms with Crippen LogP contribution in [0.15, 0.2) is 83.8 Å². The van der Waals surface area contributed by atoms with E-state index in [1.807, 2.05) is 6.07 Å². The molecule has 0 saturated heterocycles. The topological polar surface area (TPSA) is 84.5 Å². The monoisotopic (exact) mass is 432 g/mol. The lowest BCUT2D eigenvalue weighted by atomic mass is 10.2. The van der Waals surface area contributed by atoms with Crippen LogP contribution < -0.4 is 14.8 Å². The molecular formula is C21H18F2N2O4S. The first-order valence-corrected chi connectivity index (χ1v) is 10.3. The summed E-state index contributed by atoms with van der Waals surface area (Å²) in [5.41, 5.74) is 0.869. The predicted molar refractivity (Wildman–Crippen MR) is 108 cm³/mol. The molecule has 0 spiro atoms. The van der Waals surface area contributed by atoms with Gasteiger partial charge in [-0.3, -0.25) is 4.79 Å². The number of halogens is 2. The Labute approximate surface area is 172 Å². The Balaban J connectivity index is 1.75. The van der Waals surface area contributed by atoms with Gasteiger partial charge in [0, 0.05) is 12.1 Å². The molecule has 3 aromatic rings. The zero-order chi connectivity index (χ0) is 21.6. The first kappa shape index (κ1) is 21.4. The third-order valence-corrected chi connectivity index (χ3v) is 5.47. The zero-order valence-corrected chi connectivity index (χ0v) is 16.4. The zero-order valence-electron chi connectivity index (χ0n) is 15.6. The summed E-state index contributed by atoms with van der Waals surface area (Å²) in [5.74, 6) is -0.866. The molecule has 0 atom stereocenters. The van der Waals surface area contributed by atoms with Crippen molar-refractivity contribution in [2.75, 3.05) is 5.32 Å². The molecule has 9 heteroatoms. The standard InChI is InChI=1S/C21H18F2N2O4S/c22-21(23)29-19-12-5-4-11-18(19)25-20(26)16-9-6-10-17(13-16)30(27,28)24-14-15-7-2-1-3-8-15/h1-13,21,24H,14H2,(H,25,26). The molecule has 3 aromatic carbocycles. The first-order valence-electron chi connectivity index (χ1n) is 8.84. The van der Waals surface area contributed by atoms with Crippen LogP contribution >= 0.6 is 0 Å². The predicted octanol–water partition coefficient (Wildman–Crippen LogP) is 4.02. The van der Waals surface area contributed by atoms with Crippen LogP contribution in [0.25, 0.3) is 0 Å². The number of benzene rings is 3. The number of para-hydroxylation sites is 2. The normalized spacial score (nSPS) is 11.3. The smallest absolute Gasteiger partial charge is 0.387 e. The average molecular weight is 432 g/mol. The van der Waals surface area contributed by atoms with Gasteiger partial charge >= 0.3 is 6.61 Å². The Bertz CT molecular complexity index is 1120. The molecule has 3 rings (SSSR count). The number of rotatable bonds is 8. The Morgan fingerprint density at radius 2 is 1.63 bits per heavy atom. The molecule has 0 heterocycles. The van der Waals surface area contributed by atoms with E-state index < -0.39 is 22.5 Å². The molecule has 2 N–H and O–H groups in total. The van der Waals surface area contributed by atoms with Crippen molar-refractivity contribution < 1.29 is 26.7 Å². The lowest BCUT2D eigenvalue weighted by Gasteiger charge is -2.12. The van der Waals surface area contributed by atoms with Crippen LogP contribution in [0, 0.1) is 0 Å². The minimum Gasteiger partial charge on any atom is -0.433 e. The third-order valence-electron chi connectivity index (χ3n) is 4.07. The van der Waals surface area contributed by atoms with Gasteiger partial charge in [0.25, 0.3) is 5.91 Å². The van der Waals surface area contributed by atoms with Crippen LogP contribution in [0.3, 0.4) is 0 Å². The summed E-state index contributed by atoms with van der Waals surface area (Å²) in [5, 5.41) is 2.46. The van der Waals surface area contributed by atoms with Crippen LogP contribution in [0.2, 0.25) is 0 Å². The highest BCUT2D eigenvalue weighted by molar-refractivity contribution is 7.89. The number of carbonyl (C=O) groups is 1. The van der Waals surface area contributed by atoms with E-state index in [-0.39, 0.29) is 28.4 Å². The Hall–Kier alpha value is -3.30. The summed E-state index contributed by atoms with van der Waals surface area (Å²) >= 11 is 0. The number of anilines is 1. The molecular weight excluding hydrogens is 414 g/mol. The molecule has 0 aromatic heterocycles. The van der Waals surface area contributed by atoms with Crippen molar-refractivity contribution in [1.82, 2.24) is 4.72 Å². The fourth-order valence-corrected chi connectivity index (χ4v) is 3.69. The summed E-state index contributed by atoms with van der Waals surface area (Å²) in [6.45, 7) is -2.95. The minimum atomic E-state index is -3.87. The summed E-state index contributed by atoms with van der Waals surface area (Å²) in [6.07, 6.45) is 0. The average Bonchev–Trinajstić information content (AvgIpc) is 2.74. The van der Waals surface area contributed by atoms with Crippen molar-refractivity contribution in [2.45, 2.75) is 18.1 Å². The Morgan fingerprint density at radius 1 is 0.933 bits per heavy atom. The lowest BCUT2D eigenvalue weighted by Crippen LogP contribution is -2.23. The van der Waals surface area contributed by atoms with E-state index in [2.05, 4.69) is 14.8 Å². The number of amides is 1. The van der Waals surface area contributed by atoms with Gasteiger partial charge < -0.3 is 10.1 Å². The second kappa shape index (κ2) is 9.47. The third kappa shape index (κ3) is 5.62. The number of carbonyl (C=O) groups excluding carboxylic acids is 1. The van der Waals surface area contributed by atoms with Gasteiger partial charge in [-0.15, -0.1) is 0 Å². The van der Waals surface area contributed by atoms with Crippen LogP contribution in [0.1, 0.15) is 15.9 Å². The molecule has 156 valence electrons. The maximum absolute atomic E-state index is 12.6. The lowest BCUT2D eigenvalue weighted by molar-refractivity contribution is -0.0493. The van der Waals surface area contributed by atoms with Gasteiger partial charge in [-0.1, -0.05) is 48.5 Å². The summed E-state index contributed by atoms with van der Waals surface area (Å²) in [4.78, 5) is 12.4. The minimum absolute atomic E-state index is 0.0401. The molecule has 6 nitrogen and oxygen atoms in total. The van der Waals surface area contributed by atoms with E-state index in [1.165, 1.54) is 42.5 Å². The maximum Gasteiger partial charge on any atom is 0.387 e. The molecule has 0 aliphatic carbocycles. The largest absolute Gasteiger partial charge is 0.433 e. The van der Waals surface area contributed by atoms with Crippen LogP contribution in [-0.4, -0.2) is 20.9 Å². The summed E-state index contributed by atoms with van der Waals surface area (Å²) < 4.78 is 57.1. The molecule has 0 aliphatic rings. The summed E-state index contributed by atoms with van der Waals surface area (Å²) in [6, 6.07) is 20.1. The number of nitrogens with one attached hydrogen (secondary N) is 2. The van der Waals surface area contributed by atoms with Crippen LogP contribution in [0.5, 0.6) is 5.75 Å². The van der Waals surface area contributed by atoms with Crippen molar-refractivity contribution >= 4 is 21.6 Å². The van der Waals surface area contributed by atoms with E-state index in [1.54, 1.807) is 30.3 Å². The molecule has 0 saturated carbocycles. The van der Waals surface area contributed by atoms with Gasteiger partial charge in [0.1, 0.15) is 5.75 Å². The molecule has 0 fully saturated rings. The fraction of sp³-hybridized carbons (Fsp3) is 0.0952. The van der Waals surface area contributed by atoms with Crippen molar-refractivity contribution in [2.24, 2.45) is 0 Å². The van der Waals surface area contributed by atoms with E-state index in [0.29, 0.717) is 0 Å². The Kier molecular flexibility index (Phi) is 6.76. The Morgan fingerprint density at radius 3 is 2.37 bits per heavy atom. The number of hydrogen-bond acceptors (Lipinski definition) is 4. The highest BCUT2D eigenvalue weighted by atomic mass is 32.2. The maximum atomic E-state index is 12.6. The second-order valence-electron chi connectivity index (χ2n) is 6.17. The van der Waals surface area contributed by atoms with E-state index in [9.17, 15) is 22.0 Å². The molecule has 0 unspecified atom stereocenters. The molecule has 0 aliphatic heterocycles. The van der Waals surface area contributed by atoms with Gasteiger partial charge in [0.05, 0.1) is 10.6 Å². The van der Waals surface area contributed by atoms with Gasteiger partial charge in [-0.05, 0) is 35.9 Å². The van der Waals surface area contributed by atoms with Crippen LogP contribution in [0.4, 0.5) is 14.5 Å². The van der Waals surface area contributed by atoms with Gasteiger partial charge in [-0.25, -0.2) is 13.1 Å². The van der Waals surface area contributed by atoms with Crippen molar-refractivity contribution in [3.63, 3.8) is 0 Å². The number of alkyl halides is 2. The molecule has 1 amide bonds. The SMILES string of the molecule is O=C(Nc1ccccc1OC(F)F)c1cccc(S(=O)(=O)NCc2ccccc2)c1. The van der Waals surface area contributed by atoms with Crippen molar-refractivity contribution in [3.8, 4) is 5.75 Å². The molecule has 0 radical (unpaired) electrons. The molecule has 0 bridgehead atoms.